The highest BCUT2D eigenvalue weighted by Gasteiger charge is 2.31. The summed E-state index contributed by atoms with van der Waals surface area (Å²) in [5.74, 6) is -0.0669. The normalized spacial score (nSPS) is 18.7. The zero-order valence-corrected chi connectivity index (χ0v) is 17.2. The molecule has 1 N–H and O–H groups in total. The summed E-state index contributed by atoms with van der Waals surface area (Å²) >= 11 is 0. The van der Waals surface area contributed by atoms with Gasteiger partial charge in [-0.05, 0) is 43.5 Å². The second-order valence-corrected chi connectivity index (χ2v) is 7.70. The number of aromatic nitrogens is 4. The first-order chi connectivity index (χ1) is 15.0. The number of likely N-dealkylation sites (tertiary alicyclic amines) is 1. The molecule has 0 bridgehead atoms. The molecule has 0 saturated carbocycles. The predicted molar refractivity (Wildman–Crippen MR) is 110 cm³/mol. The number of aliphatic hydroxyl groups is 1. The summed E-state index contributed by atoms with van der Waals surface area (Å²) in [5.41, 5.74) is 1.65. The van der Waals surface area contributed by atoms with Crippen molar-refractivity contribution >= 4 is 5.91 Å². The standard InChI is InChI=1S/C22H24FN5O3/c1-15-2-3-17(14-31-21-7-5-18(23)11-24-21)12-27(15)22(30)19-10-16(13-29)4-6-20(19)28-25-8-9-26-28/h4-11,15,17,29H,2-3,12-14H2,1H3/t15-,17?/m0/s1. The number of benzene rings is 1. The number of pyridine rings is 1. The molecule has 0 radical (unpaired) electrons. The molecule has 31 heavy (non-hydrogen) atoms. The Morgan fingerprint density at radius 2 is 2.03 bits per heavy atom. The monoisotopic (exact) mass is 425 g/mol. The lowest BCUT2D eigenvalue weighted by Gasteiger charge is -2.38. The van der Waals surface area contributed by atoms with E-state index in [2.05, 4.69) is 15.2 Å². The maximum Gasteiger partial charge on any atom is 0.256 e. The van der Waals surface area contributed by atoms with Crippen LogP contribution in [0.25, 0.3) is 5.69 Å². The number of aliphatic hydroxyl groups excluding tert-OH is 1. The lowest BCUT2D eigenvalue weighted by atomic mass is 9.93. The van der Waals surface area contributed by atoms with Crippen molar-refractivity contribution in [2.45, 2.75) is 32.4 Å². The van der Waals surface area contributed by atoms with Crippen molar-refractivity contribution in [1.82, 2.24) is 24.9 Å². The van der Waals surface area contributed by atoms with Crippen LogP contribution in [0.2, 0.25) is 0 Å². The Morgan fingerprint density at radius 3 is 2.74 bits per heavy atom. The number of hydrogen-bond donors (Lipinski definition) is 1. The molecule has 1 fully saturated rings. The molecule has 1 unspecified atom stereocenters. The lowest BCUT2D eigenvalue weighted by molar-refractivity contribution is 0.0502. The van der Waals surface area contributed by atoms with Crippen molar-refractivity contribution in [3.05, 3.63) is 65.9 Å². The van der Waals surface area contributed by atoms with Crippen LogP contribution in [0.5, 0.6) is 5.88 Å². The summed E-state index contributed by atoms with van der Waals surface area (Å²) < 4.78 is 18.7. The van der Waals surface area contributed by atoms with Gasteiger partial charge in [-0.25, -0.2) is 9.37 Å². The predicted octanol–water partition coefficient (Wildman–Crippen LogP) is 2.61. The number of carbonyl (C=O) groups is 1. The lowest BCUT2D eigenvalue weighted by Crippen LogP contribution is -2.47. The number of carbonyl (C=O) groups excluding carboxylic acids is 1. The molecule has 1 aliphatic rings. The fourth-order valence-corrected chi connectivity index (χ4v) is 3.77. The van der Waals surface area contributed by atoms with E-state index >= 15 is 0 Å². The molecule has 2 atom stereocenters. The van der Waals surface area contributed by atoms with Gasteiger partial charge in [0.15, 0.2) is 0 Å². The minimum Gasteiger partial charge on any atom is -0.477 e. The summed E-state index contributed by atoms with van der Waals surface area (Å²) in [4.78, 5) is 20.7. The van der Waals surface area contributed by atoms with Crippen molar-refractivity contribution < 1.29 is 19.0 Å². The van der Waals surface area contributed by atoms with Gasteiger partial charge in [-0.3, -0.25) is 4.79 Å². The second-order valence-electron chi connectivity index (χ2n) is 7.70. The number of halogens is 1. The number of ether oxygens (including phenoxy) is 1. The molecule has 1 amide bonds. The Bertz CT molecular complexity index is 1030. The summed E-state index contributed by atoms with van der Waals surface area (Å²) in [7, 11) is 0. The Kier molecular flexibility index (Phi) is 6.22. The van der Waals surface area contributed by atoms with E-state index in [1.807, 2.05) is 11.8 Å². The van der Waals surface area contributed by atoms with Gasteiger partial charge in [0.05, 0.1) is 43.1 Å². The quantitative estimate of drug-likeness (QED) is 0.653. The molecular weight excluding hydrogens is 401 g/mol. The van der Waals surface area contributed by atoms with E-state index in [4.69, 9.17) is 4.74 Å². The minimum atomic E-state index is -0.414. The van der Waals surface area contributed by atoms with Gasteiger partial charge in [0.1, 0.15) is 5.82 Å². The summed E-state index contributed by atoms with van der Waals surface area (Å²) in [6, 6.07) is 8.04. The zero-order chi connectivity index (χ0) is 21.8. The first-order valence-electron chi connectivity index (χ1n) is 10.2. The molecule has 2 aromatic heterocycles. The van der Waals surface area contributed by atoms with Crippen LogP contribution >= 0.6 is 0 Å². The number of nitrogens with zero attached hydrogens (tertiary/aromatic N) is 5. The van der Waals surface area contributed by atoms with Crippen LogP contribution in [-0.4, -0.2) is 55.1 Å². The molecule has 162 valence electrons. The van der Waals surface area contributed by atoms with Gasteiger partial charge in [-0.2, -0.15) is 15.0 Å². The van der Waals surface area contributed by atoms with Crippen LogP contribution in [0.1, 0.15) is 35.7 Å². The van der Waals surface area contributed by atoms with Gasteiger partial charge < -0.3 is 14.7 Å². The largest absolute Gasteiger partial charge is 0.477 e. The average molecular weight is 425 g/mol. The first kappa shape index (κ1) is 20.9. The van der Waals surface area contributed by atoms with Crippen molar-refractivity contribution in [3.8, 4) is 11.6 Å². The van der Waals surface area contributed by atoms with E-state index in [9.17, 15) is 14.3 Å². The highest BCUT2D eigenvalue weighted by molar-refractivity contribution is 5.98. The topological polar surface area (TPSA) is 93.4 Å². The Labute approximate surface area is 179 Å². The van der Waals surface area contributed by atoms with Gasteiger partial charge >= 0.3 is 0 Å². The molecule has 4 rings (SSSR count). The molecule has 0 spiro atoms. The highest BCUT2D eigenvalue weighted by atomic mass is 19.1. The van der Waals surface area contributed by atoms with Crippen LogP contribution in [0.3, 0.4) is 0 Å². The number of hydrogen-bond acceptors (Lipinski definition) is 6. The molecule has 1 aliphatic heterocycles. The molecule has 3 heterocycles. The average Bonchev–Trinajstić information content (AvgIpc) is 3.33. The fraction of sp³-hybridized carbons (Fsp3) is 0.364. The van der Waals surface area contributed by atoms with E-state index < -0.39 is 5.82 Å². The maximum atomic E-state index is 13.5. The molecule has 8 nitrogen and oxygen atoms in total. The van der Waals surface area contributed by atoms with Crippen LogP contribution in [0.4, 0.5) is 4.39 Å². The van der Waals surface area contributed by atoms with Gasteiger partial charge in [-0.1, -0.05) is 6.07 Å². The third-order valence-electron chi connectivity index (χ3n) is 5.52. The van der Waals surface area contributed by atoms with Gasteiger partial charge in [0.25, 0.3) is 5.91 Å². The van der Waals surface area contributed by atoms with Gasteiger partial charge in [0, 0.05) is 24.6 Å². The molecule has 3 aromatic rings. The summed E-state index contributed by atoms with van der Waals surface area (Å²) in [6.07, 6.45) is 5.97. The van der Waals surface area contributed by atoms with Crippen LogP contribution in [-0.2, 0) is 6.61 Å². The summed E-state index contributed by atoms with van der Waals surface area (Å²) in [5, 5.41) is 17.9. The minimum absolute atomic E-state index is 0.0592. The SMILES string of the molecule is C[C@H]1CCC(COc2ccc(F)cn2)CN1C(=O)c1cc(CO)ccc1-n1nccn1. The van der Waals surface area contributed by atoms with Crippen molar-refractivity contribution in [2.24, 2.45) is 5.92 Å². The third-order valence-corrected chi connectivity index (χ3v) is 5.52. The van der Waals surface area contributed by atoms with Crippen LogP contribution in [0, 0.1) is 11.7 Å². The number of amides is 1. The van der Waals surface area contributed by atoms with Gasteiger partial charge in [0.2, 0.25) is 5.88 Å². The van der Waals surface area contributed by atoms with Crippen molar-refractivity contribution in [1.29, 1.82) is 0 Å². The van der Waals surface area contributed by atoms with E-state index in [-0.39, 0.29) is 24.5 Å². The van der Waals surface area contributed by atoms with Crippen molar-refractivity contribution in [3.63, 3.8) is 0 Å². The Hall–Kier alpha value is -3.33. The summed E-state index contributed by atoms with van der Waals surface area (Å²) in [6.45, 7) is 2.78. The Morgan fingerprint density at radius 1 is 1.23 bits per heavy atom. The number of rotatable bonds is 6. The Balaban J connectivity index is 1.52. The second kappa shape index (κ2) is 9.22. The fourth-order valence-electron chi connectivity index (χ4n) is 3.77. The smallest absolute Gasteiger partial charge is 0.256 e. The number of piperidine rings is 1. The van der Waals surface area contributed by atoms with Gasteiger partial charge in [-0.15, -0.1) is 0 Å². The molecular formula is C22H24FN5O3. The molecule has 0 aliphatic carbocycles. The van der Waals surface area contributed by atoms with E-state index in [0.29, 0.717) is 35.8 Å². The van der Waals surface area contributed by atoms with E-state index in [1.165, 1.54) is 16.9 Å². The molecule has 1 saturated heterocycles. The van der Waals surface area contributed by atoms with E-state index in [0.717, 1.165) is 19.0 Å². The van der Waals surface area contributed by atoms with Crippen molar-refractivity contribution in [2.75, 3.05) is 13.2 Å². The molecule has 1 aromatic carbocycles. The third kappa shape index (κ3) is 4.72. The first-order valence-corrected chi connectivity index (χ1v) is 10.2. The maximum absolute atomic E-state index is 13.5. The van der Waals surface area contributed by atoms with Crippen LogP contribution < -0.4 is 4.74 Å². The zero-order valence-electron chi connectivity index (χ0n) is 17.2. The highest BCUT2D eigenvalue weighted by Crippen LogP contribution is 2.26. The van der Waals surface area contributed by atoms with Crippen LogP contribution in [0.15, 0.2) is 48.9 Å². The van der Waals surface area contributed by atoms with E-state index in [1.54, 1.807) is 30.6 Å². The molecule has 9 heteroatoms.